The molecule has 2 nitrogen and oxygen atoms in total. The molecule has 0 atom stereocenters. The van der Waals surface area contributed by atoms with Crippen molar-refractivity contribution < 1.29 is 0 Å². The number of para-hydroxylation sites is 1. The highest BCUT2D eigenvalue weighted by atomic mass is 15.1. The molecule has 0 unspecified atom stereocenters. The van der Waals surface area contributed by atoms with E-state index in [0.717, 1.165) is 18.7 Å². The lowest BCUT2D eigenvalue weighted by atomic mass is 10.0. The predicted molar refractivity (Wildman–Crippen MR) is 101 cm³/mol. The van der Waals surface area contributed by atoms with Crippen LogP contribution < -0.4 is 0 Å². The van der Waals surface area contributed by atoms with Crippen LogP contribution in [0.2, 0.25) is 0 Å². The zero-order chi connectivity index (χ0) is 16.4. The monoisotopic (exact) mass is 312 g/mol. The van der Waals surface area contributed by atoms with Crippen LogP contribution in [0.4, 0.5) is 0 Å². The van der Waals surface area contributed by atoms with Crippen molar-refractivity contribution in [3.63, 3.8) is 0 Å². The molecule has 0 spiro atoms. The Morgan fingerprint density at radius 2 is 1.58 bits per heavy atom. The summed E-state index contributed by atoms with van der Waals surface area (Å²) in [6, 6.07) is 25.4. The molecule has 118 valence electrons. The molecule has 2 aromatic carbocycles. The molecular formula is C22H20N2. The second-order valence-electron chi connectivity index (χ2n) is 5.98. The molecule has 4 rings (SSSR count). The molecule has 0 fully saturated rings. The van der Waals surface area contributed by atoms with Crippen molar-refractivity contribution in [1.29, 1.82) is 0 Å². The minimum atomic E-state index is 0.968. The van der Waals surface area contributed by atoms with E-state index in [0.29, 0.717) is 0 Å². The van der Waals surface area contributed by atoms with Gasteiger partial charge in [-0.15, -0.1) is 0 Å². The summed E-state index contributed by atoms with van der Waals surface area (Å²) >= 11 is 0. The minimum Gasteiger partial charge on any atom is -0.294 e. The van der Waals surface area contributed by atoms with E-state index in [1.165, 1.54) is 27.7 Å². The van der Waals surface area contributed by atoms with Gasteiger partial charge in [0.05, 0.1) is 11.2 Å². The first-order chi connectivity index (χ1) is 11.9. The van der Waals surface area contributed by atoms with Crippen LogP contribution in [0.5, 0.6) is 0 Å². The van der Waals surface area contributed by atoms with Crippen molar-refractivity contribution in [3.8, 4) is 17.1 Å². The molecule has 0 saturated heterocycles. The smallest absolute Gasteiger partial charge is 0.137 e. The third-order valence-corrected chi connectivity index (χ3v) is 4.41. The average Bonchev–Trinajstić information content (AvgIpc) is 2.98. The lowest BCUT2D eigenvalue weighted by Crippen LogP contribution is -2.00. The summed E-state index contributed by atoms with van der Waals surface area (Å²) in [5, 5.41) is 1.32. The van der Waals surface area contributed by atoms with Gasteiger partial charge in [-0.1, -0.05) is 67.9 Å². The van der Waals surface area contributed by atoms with Gasteiger partial charge in [-0.05, 0) is 35.7 Å². The van der Waals surface area contributed by atoms with Gasteiger partial charge < -0.3 is 0 Å². The Kier molecular flexibility index (Phi) is 3.87. The molecule has 2 heterocycles. The summed E-state index contributed by atoms with van der Waals surface area (Å²) in [5.41, 5.74) is 5.13. The molecule has 2 heteroatoms. The number of fused-ring (bicyclic) bond motifs is 1. The van der Waals surface area contributed by atoms with Gasteiger partial charge >= 0.3 is 0 Å². The molecule has 0 radical (unpaired) electrons. The maximum Gasteiger partial charge on any atom is 0.137 e. The Bertz CT molecular complexity index is 953. The minimum absolute atomic E-state index is 0.968. The van der Waals surface area contributed by atoms with Crippen LogP contribution in [0.3, 0.4) is 0 Å². The van der Waals surface area contributed by atoms with Crippen LogP contribution in [-0.2, 0) is 6.42 Å². The maximum absolute atomic E-state index is 4.62. The summed E-state index contributed by atoms with van der Waals surface area (Å²) in [7, 11) is 0. The third-order valence-electron chi connectivity index (χ3n) is 4.41. The highest BCUT2D eigenvalue weighted by Gasteiger charge is 2.19. The van der Waals surface area contributed by atoms with Gasteiger partial charge in [0.25, 0.3) is 0 Å². The summed E-state index contributed by atoms with van der Waals surface area (Å²) in [6.07, 6.45) is 4.04. The number of nitrogens with zero attached hydrogens (tertiary/aromatic N) is 2. The molecule has 0 aliphatic rings. The summed E-state index contributed by atoms with van der Waals surface area (Å²) in [6.45, 7) is 2.24. The highest BCUT2D eigenvalue weighted by Crippen LogP contribution is 2.36. The SMILES string of the molecule is CCCc1c(-c2ccccc2)n(-c2ccccn2)c2ccccc12. The van der Waals surface area contributed by atoms with E-state index in [1.807, 2.05) is 18.3 Å². The van der Waals surface area contributed by atoms with E-state index in [4.69, 9.17) is 0 Å². The maximum atomic E-state index is 4.62. The summed E-state index contributed by atoms with van der Waals surface area (Å²) in [4.78, 5) is 4.62. The van der Waals surface area contributed by atoms with Crippen molar-refractivity contribution in [2.75, 3.05) is 0 Å². The standard InChI is InChI=1S/C22H20N2/c1-2-10-19-18-13-6-7-14-20(18)24(21-15-8-9-16-23-21)22(19)17-11-4-3-5-12-17/h3-9,11-16H,2,10H2,1H3. The molecule has 24 heavy (non-hydrogen) atoms. The topological polar surface area (TPSA) is 17.8 Å². The molecule has 0 saturated carbocycles. The lowest BCUT2D eigenvalue weighted by molar-refractivity contribution is 0.922. The highest BCUT2D eigenvalue weighted by molar-refractivity contribution is 5.93. The van der Waals surface area contributed by atoms with Crippen LogP contribution in [-0.4, -0.2) is 9.55 Å². The number of pyridine rings is 1. The quantitative estimate of drug-likeness (QED) is 0.476. The number of aromatic nitrogens is 2. The fraction of sp³-hybridized carbons (Fsp3) is 0.136. The third kappa shape index (κ3) is 2.41. The van der Waals surface area contributed by atoms with Gasteiger partial charge in [0.15, 0.2) is 0 Å². The Morgan fingerprint density at radius 3 is 2.33 bits per heavy atom. The largest absolute Gasteiger partial charge is 0.294 e. The van der Waals surface area contributed by atoms with Crippen LogP contribution >= 0.6 is 0 Å². The normalized spacial score (nSPS) is 11.0. The van der Waals surface area contributed by atoms with E-state index in [-0.39, 0.29) is 0 Å². The molecule has 0 bridgehead atoms. The predicted octanol–water partition coefficient (Wildman–Crippen LogP) is 5.65. The van der Waals surface area contributed by atoms with Crippen molar-refractivity contribution in [2.24, 2.45) is 0 Å². The molecule has 0 aliphatic heterocycles. The van der Waals surface area contributed by atoms with E-state index in [1.54, 1.807) is 0 Å². The van der Waals surface area contributed by atoms with Crippen LogP contribution in [0.25, 0.3) is 28.0 Å². The van der Waals surface area contributed by atoms with Gasteiger partial charge in [0.1, 0.15) is 5.82 Å². The average molecular weight is 312 g/mol. The molecular weight excluding hydrogens is 292 g/mol. The summed E-state index contributed by atoms with van der Waals surface area (Å²) in [5.74, 6) is 0.968. The van der Waals surface area contributed by atoms with E-state index in [9.17, 15) is 0 Å². The number of aryl methyl sites for hydroxylation is 1. The van der Waals surface area contributed by atoms with Crippen LogP contribution in [0.15, 0.2) is 79.0 Å². The molecule has 2 aromatic heterocycles. The second-order valence-corrected chi connectivity index (χ2v) is 5.98. The van der Waals surface area contributed by atoms with Crippen LogP contribution in [0.1, 0.15) is 18.9 Å². The first-order valence-corrected chi connectivity index (χ1v) is 8.49. The lowest BCUT2D eigenvalue weighted by Gasteiger charge is -2.12. The van der Waals surface area contributed by atoms with Gasteiger partial charge in [-0.25, -0.2) is 4.98 Å². The van der Waals surface area contributed by atoms with Gasteiger partial charge in [-0.3, -0.25) is 4.57 Å². The van der Waals surface area contributed by atoms with Gasteiger partial charge in [0.2, 0.25) is 0 Å². The first-order valence-electron chi connectivity index (χ1n) is 8.49. The first kappa shape index (κ1) is 14.7. The fourth-order valence-electron chi connectivity index (χ4n) is 3.43. The van der Waals surface area contributed by atoms with Crippen molar-refractivity contribution in [3.05, 3.63) is 84.6 Å². The van der Waals surface area contributed by atoms with Crippen molar-refractivity contribution in [2.45, 2.75) is 19.8 Å². The second kappa shape index (κ2) is 6.32. The summed E-state index contributed by atoms with van der Waals surface area (Å²) < 4.78 is 2.30. The zero-order valence-electron chi connectivity index (χ0n) is 13.8. The van der Waals surface area contributed by atoms with Crippen LogP contribution in [0, 0.1) is 0 Å². The molecule has 0 aliphatic carbocycles. The molecule has 4 aromatic rings. The molecule has 0 N–H and O–H groups in total. The molecule has 0 amide bonds. The zero-order valence-corrected chi connectivity index (χ0v) is 13.8. The van der Waals surface area contributed by atoms with Gasteiger partial charge in [0, 0.05) is 11.6 Å². The Hall–Kier alpha value is -2.87. The van der Waals surface area contributed by atoms with E-state index < -0.39 is 0 Å². The number of benzene rings is 2. The Labute approximate surface area is 142 Å². The van der Waals surface area contributed by atoms with Crippen molar-refractivity contribution in [1.82, 2.24) is 9.55 Å². The number of rotatable bonds is 4. The fourth-order valence-corrected chi connectivity index (χ4v) is 3.43. The number of hydrogen-bond acceptors (Lipinski definition) is 1. The number of hydrogen-bond donors (Lipinski definition) is 0. The van der Waals surface area contributed by atoms with Gasteiger partial charge in [-0.2, -0.15) is 0 Å². The van der Waals surface area contributed by atoms with Crippen molar-refractivity contribution >= 4 is 10.9 Å². The Balaban J connectivity index is 2.13. The van der Waals surface area contributed by atoms with E-state index in [2.05, 4.69) is 77.1 Å². The Morgan fingerprint density at radius 1 is 0.833 bits per heavy atom. The van der Waals surface area contributed by atoms with E-state index >= 15 is 0 Å².